The highest BCUT2D eigenvalue weighted by Gasteiger charge is 2.08. The Kier molecular flexibility index (Phi) is 1.53. The number of carbonyl (C=O) groups is 1. The number of oxazole rings is 1. The number of hydrogen-bond acceptors (Lipinski definition) is 3. The van der Waals surface area contributed by atoms with Crippen molar-refractivity contribution in [2.24, 2.45) is 0 Å². The number of hydrogen-bond donors (Lipinski definition) is 0. The summed E-state index contributed by atoms with van der Waals surface area (Å²) in [7, 11) is 0. The van der Waals surface area contributed by atoms with Gasteiger partial charge in [0.2, 0.25) is 0 Å². The van der Waals surface area contributed by atoms with E-state index < -0.39 is 5.24 Å². The molecule has 0 N–H and O–H groups in total. The van der Waals surface area contributed by atoms with Crippen LogP contribution in [0.1, 0.15) is 16.2 Å². The summed E-state index contributed by atoms with van der Waals surface area (Å²) >= 11 is 5.09. The first-order chi connectivity index (χ1) is 4.22. The molecule has 0 fully saturated rings. The molecular formula is C5H4ClNO2. The summed E-state index contributed by atoms with van der Waals surface area (Å²) in [6.07, 6.45) is 1.19. The summed E-state index contributed by atoms with van der Waals surface area (Å²) in [4.78, 5) is 13.9. The monoisotopic (exact) mass is 145 g/mol. The lowest BCUT2D eigenvalue weighted by Gasteiger charge is -1.81. The summed E-state index contributed by atoms with van der Waals surface area (Å²) in [5.74, 6) is 0.454. The third-order valence-electron chi connectivity index (χ3n) is 0.931. The van der Waals surface area contributed by atoms with E-state index in [0.717, 1.165) is 0 Å². The maximum Gasteiger partial charge on any atom is 0.274 e. The lowest BCUT2D eigenvalue weighted by atomic mass is 10.4. The van der Waals surface area contributed by atoms with Gasteiger partial charge in [0.05, 0.1) is 0 Å². The van der Waals surface area contributed by atoms with Gasteiger partial charge in [-0.3, -0.25) is 4.79 Å². The van der Waals surface area contributed by atoms with Crippen molar-refractivity contribution in [2.45, 2.75) is 6.92 Å². The van der Waals surface area contributed by atoms with Crippen LogP contribution in [0.2, 0.25) is 0 Å². The molecule has 48 valence electrons. The highest BCUT2D eigenvalue weighted by atomic mass is 35.5. The van der Waals surface area contributed by atoms with Crippen LogP contribution in [0.15, 0.2) is 10.8 Å². The topological polar surface area (TPSA) is 43.1 Å². The number of aromatic nitrogens is 1. The van der Waals surface area contributed by atoms with Gasteiger partial charge in [-0.25, -0.2) is 4.98 Å². The molecule has 0 unspecified atom stereocenters. The molecular weight excluding hydrogens is 142 g/mol. The Morgan fingerprint density at radius 2 is 2.56 bits per heavy atom. The van der Waals surface area contributed by atoms with Gasteiger partial charge in [0.15, 0.2) is 12.1 Å². The van der Waals surface area contributed by atoms with Crippen molar-refractivity contribution >= 4 is 16.8 Å². The second-order valence-electron chi connectivity index (χ2n) is 1.53. The Morgan fingerprint density at radius 1 is 1.89 bits per heavy atom. The molecule has 0 radical (unpaired) electrons. The van der Waals surface area contributed by atoms with Crippen molar-refractivity contribution in [1.82, 2.24) is 4.98 Å². The van der Waals surface area contributed by atoms with Gasteiger partial charge in [0.1, 0.15) is 5.76 Å². The SMILES string of the molecule is Cc1ocnc1C(=O)Cl. The number of aryl methyl sites for hydroxylation is 1. The first-order valence-electron chi connectivity index (χ1n) is 2.31. The van der Waals surface area contributed by atoms with Crippen molar-refractivity contribution in [2.75, 3.05) is 0 Å². The number of nitrogens with zero attached hydrogens (tertiary/aromatic N) is 1. The van der Waals surface area contributed by atoms with Crippen LogP contribution in [-0.2, 0) is 0 Å². The second kappa shape index (κ2) is 2.19. The van der Waals surface area contributed by atoms with Crippen LogP contribution >= 0.6 is 11.6 Å². The summed E-state index contributed by atoms with van der Waals surface area (Å²) < 4.78 is 4.71. The first-order valence-corrected chi connectivity index (χ1v) is 2.69. The average molecular weight is 146 g/mol. The first kappa shape index (κ1) is 6.29. The van der Waals surface area contributed by atoms with Gasteiger partial charge in [-0.2, -0.15) is 0 Å². The molecule has 0 spiro atoms. The van der Waals surface area contributed by atoms with E-state index in [9.17, 15) is 4.79 Å². The number of carbonyl (C=O) groups excluding carboxylic acids is 1. The Hall–Kier alpha value is -0.830. The Balaban J connectivity index is 3.08. The molecule has 0 aliphatic heterocycles. The molecule has 0 aliphatic carbocycles. The summed E-state index contributed by atoms with van der Waals surface area (Å²) in [5, 5.41) is -0.582. The molecule has 0 amide bonds. The van der Waals surface area contributed by atoms with Crippen LogP contribution in [0.25, 0.3) is 0 Å². The number of rotatable bonds is 1. The van der Waals surface area contributed by atoms with Crippen molar-refractivity contribution in [1.29, 1.82) is 0 Å². The van der Waals surface area contributed by atoms with E-state index >= 15 is 0 Å². The Morgan fingerprint density at radius 3 is 2.78 bits per heavy atom. The molecule has 0 bridgehead atoms. The standard InChI is InChI=1S/C5H4ClNO2/c1-3-4(5(6)8)7-2-9-3/h2H,1H3. The van der Waals surface area contributed by atoms with Gasteiger partial charge in [0, 0.05) is 0 Å². The summed E-state index contributed by atoms with van der Waals surface area (Å²) in [5.41, 5.74) is 0.191. The van der Waals surface area contributed by atoms with Crippen LogP contribution in [0, 0.1) is 6.92 Å². The van der Waals surface area contributed by atoms with Gasteiger partial charge in [-0.05, 0) is 18.5 Å². The zero-order valence-corrected chi connectivity index (χ0v) is 5.47. The van der Waals surface area contributed by atoms with Crippen LogP contribution in [-0.4, -0.2) is 10.2 Å². The summed E-state index contributed by atoms with van der Waals surface area (Å²) in [6.45, 7) is 1.63. The minimum Gasteiger partial charge on any atom is -0.448 e. The fraction of sp³-hybridized carbons (Fsp3) is 0.200. The lowest BCUT2D eigenvalue weighted by molar-refractivity contribution is 0.107. The lowest BCUT2D eigenvalue weighted by Crippen LogP contribution is -1.89. The van der Waals surface area contributed by atoms with Gasteiger partial charge >= 0.3 is 0 Å². The van der Waals surface area contributed by atoms with E-state index in [1.165, 1.54) is 6.39 Å². The molecule has 0 saturated carbocycles. The molecule has 0 aromatic carbocycles. The molecule has 0 aliphatic rings. The molecule has 1 aromatic heterocycles. The molecule has 9 heavy (non-hydrogen) atoms. The largest absolute Gasteiger partial charge is 0.448 e. The van der Waals surface area contributed by atoms with E-state index in [-0.39, 0.29) is 5.69 Å². The minimum atomic E-state index is -0.582. The maximum atomic E-state index is 10.4. The zero-order chi connectivity index (χ0) is 6.85. The quantitative estimate of drug-likeness (QED) is 0.561. The third kappa shape index (κ3) is 1.10. The van der Waals surface area contributed by atoms with Crippen molar-refractivity contribution in [3.63, 3.8) is 0 Å². The third-order valence-corrected chi connectivity index (χ3v) is 1.11. The molecule has 1 heterocycles. The van der Waals surface area contributed by atoms with E-state index in [1.54, 1.807) is 6.92 Å². The predicted molar refractivity (Wildman–Crippen MR) is 31.4 cm³/mol. The molecule has 4 heteroatoms. The van der Waals surface area contributed by atoms with Gasteiger partial charge in [0.25, 0.3) is 5.24 Å². The highest BCUT2D eigenvalue weighted by molar-refractivity contribution is 6.67. The van der Waals surface area contributed by atoms with Crippen LogP contribution in [0.4, 0.5) is 0 Å². The molecule has 0 atom stereocenters. The smallest absolute Gasteiger partial charge is 0.274 e. The highest BCUT2D eigenvalue weighted by Crippen LogP contribution is 2.06. The van der Waals surface area contributed by atoms with Crippen LogP contribution in [0.5, 0.6) is 0 Å². The molecule has 1 aromatic rings. The van der Waals surface area contributed by atoms with Crippen molar-refractivity contribution in [3.05, 3.63) is 17.8 Å². The Bertz CT molecular complexity index is 231. The molecule has 1 rings (SSSR count). The zero-order valence-electron chi connectivity index (χ0n) is 4.72. The van der Waals surface area contributed by atoms with E-state index in [2.05, 4.69) is 4.98 Å². The fourth-order valence-corrected chi connectivity index (χ4v) is 0.676. The van der Waals surface area contributed by atoms with E-state index in [0.29, 0.717) is 5.76 Å². The van der Waals surface area contributed by atoms with Crippen LogP contribution < -0.4 is 0 Å². The van der Waals surface area contributed by atoms with Crippen molar-refractivity contribution < 1.29 is 9.21 Å². The van der Waals surface area contributed by atoms with Gasteiger partial charge in [-0.15, -0.1) is 0 Å². The van der Waals surface area contributed by atoms with Gasteiger partial charge < -0.3 is 4.42 Å². The van der Waals surface area contributed by atoms with Gasteiger partial charge in [-0.1, -0.05) is 0 Å². The Labute approximate surface area is 56.6 Å². The van der Waals surface area contributed by atoms with Crippen LogP contribution in [0.3, 0.4) is 0 Å². The molecule has 0 saturated heterocycles. The maximum absolute atomic E-state index is 10.4. The fourth-order valence-electron chi connectivity index (χ4n) is 0.494. The van der Waals surface area contributed by atoms with E-state index in [1.807, 2.05) is 0 Å². The predicted octanol–water partition coefficient (Wildman–Crippen LogP) is 1.36. The van der Waals surface area contributed by atoms with E-state index in [4.69, 9.17) is 16.0 Å². The normalized spacial score (nSPS) is 9.56. The second-order valence-corrected chi connectivity index (χ2v) is 1.87. The molecule has 3 nitrogen and oxygen atoms in total. The summed E-state index contributed by atoms with van der Waals surface area (Å²) in [6, 6.07) is 0. The average Bonchev–Trinajstić information content (AvgIpc) is 2.13. The minimum absolute atomic E-state index is 0.191. The van der Waals surface area contributed by atoms with Crippen molar-refractivity contribution in [3.8, 4) is 0 Å². The number of halogens is 1.